The van der Waals surface area contributed by atoms with Gasteiger partial charge in [-0.15, -0.1) is 0 Å². The predicted octanol–water partition coefficient (Wildman–Crippen LogP) is 2.65. The molecule has 4 heteroatoms. The fraction of sp³-hybridized carbons (Fsp3) is 0.167. The van der Waals surface area contributed by atoms with Crippen LogP contribution in [0.4, 0.5) is 5.69 Å². The fourth-order valence-electron chi connectivity index (χ4n) is 2.61. The molecule has 0 saturated carbocycles. The van der Waals surface area contributed by atoms with Gasteiger partial charge in [0.25, 0.3) is 0 Å². The van der Waals surface area contributed by atoms with Gasteiger partial charge < -0.3 is 16.0 Å². The lowest BCUT2D eigenvalue weighted by Crippen LogP contribution is -2.27. The van der Waals surface area contributed by atoms with Crippen LogP contribution in [0.2, 0.25) is 0 Å². The van der Waals surface area contributed by atoms with Crippen LogP contribution in [0.25, 0.3) is 10.9 Å². The number of carbonyl (C=O) groups excluding carboxylic acids is 1. The molecule has 4 N–H and O–H groups in total. The van der Waals surface area contributed by atoms with Crippen molar-refractivity contribution in [2.45, 2.75) is 12.8 Å². The van der Waals surface area contributed by atoms with Crippen LogP contribution in [-0.2, 0) is 17.6 Å². The molecule has 0 aliphatic heterocycles. The van der Waals surface area contributed by atoms with Crippen molar-refractivity contribution in [3.63, 3.8) is 0 Å². The third kappa shape index (κ3) is 3.11. The van der Waals surface area contributed by atoms with Crippen molar-refractivity contribution in [1.82, 2.24) is 10.3 Å². The molecule has 0 radical (unpaired) electrons. The van der Waals surface area contributed by atoms with Crippen LogP contribution < -0.4 is 11.1 Å². The number of nitrogen functional groups attached to an aromatic ring is 1. The van der Waals surface area contributed by atoms with Crippen LogP contribution in [0.5, 0.6) is 0 Å². The minimum atomic E-state index is -0.00209. The Hall–Kier alpha value is -2.75. The summed E-state index contributed by atoms with van der Waals surface area (Å²) in [6.45, 7) is 0.618. The summed E-state index contributed by atoms with van der Waals surface area (Å²) in [6, 6.07) is 15.6. The number of carbonyl (C=O) groups is 1. The number of hydrogen-bond donors (Lipinski definition) is 3. The molecule has 0 aliphatic carbocycles. The van der Waals surface area contributed by atoms with Crippen molar-refractivity contribution >= 4 is 22.5 Å². The Morgan fingerprint density at radius 2 is 1.82 bits per heavy atom. The van der Waals surface area contributed by atoms with Crippen molar-refractivity contribution in [3.05, 3.63) is 65.9 Å². The first-order chi connectivity index (χ1) is 10.7. The molecule has 112 valence electrons. The molecule has 0 bridgehead atoms. The van der Waals surface area contributed by atoms with E-state index < -0.39 is 0 Å². The van der Waals surface area contributed by atoms with E-state index in [1.807, 2.05) is 42.6 Å². The van der Waals surface area contributed by atoms with Crippen LogP contribution in [0.15, 0.2) is 54.7 Å². The maximum Gasteiger partial charge on any atom is 0.224 e. The molecule has 1 amide bonds. The summed E-state index contributed by atoms with van der Waals surface area (Å²) in [7, 11) is 0. The molecule has 2 aromatic carbocycles. The van der Waals surface area contributed by atoms with Crippen LogP contribution in [0.1, 0.15) is 11.1 Å². The number of benzene rings is 2. The molecule has 3 aromatic rings. The Labute approximate surface area is 129 Å². The monoisotopic (exact) mass is 293 g/mol. The van der Waals surface area contributed by atoms with Gasteiger partial charge in [0.1, 0.15) is 0 Å². The fourth-order valence-corrected chi connectivity index (χ4v) is 2.61. The Morgan fingerprint density at radius 3 is 2.68 bits per heavy atom. The minimum absolute atomic E-state index is 0.00209. The van der Waals surface area contributed by atoms with Crippen LogP contribution >= 0.6 is 0 Å². The number of H-pyrrole nitrogens is 1. The van der Waals surface area contributed by atoms with Gasteiger partial charge in [-0.25, -0.2) is 0 Å². The van der Waals surface area contributed by atoms with Gasteiger partial charge in [0.05, 0.1) is 6.42 Å². The molecular formula is C18H19N3O. The summed E-state index contributed by atoms with van der Waals surface area (Å²) in [4.78, 5) is 15.2. The third-order valence-electron chi connectivity index (χ3n) is 3.80. The van der Waals surface area contributed by atoms with E-state index >= 15 is 0 Å². The second kappa shape index (κ2) is 6.35. The molecule has 1 aromatic heterocycles. The third-order valence-corrected chi connectivity index (χ3v) is 3.80. The van der Waals surface area contributed by atoms with Gasteiger partial charge in [0.2, 0.25) is 5.91 Å². The highest BCUT2D eigenvalue weighted by molar-refractivity contribution is 5.83. The number of para-hydroxylation sites is 2. The van der Waals surface area contributed by atoms with Crippen molar-refractivity contribution in [1.29, 1.82) is 0 Å². The van der Waals surface area contributed by atoms with E-state index in [2.05, 4.69) is 22.4 Å². The van der Waals surface area contributed by atoms with Gasteiger partial charge in [0, 0.05) is 29.3 Å². The second-order valence-corrected chi connectivity index (χ2v) is 5.34. The number of amides is 1. The summed E-state index contributed by atoms with van der Waals surface area (Å²) in [5.41, 5.74) is 9.73. The van der Waals surface area contributed by atoms with Gasteiger partial charge in [-0.1, -0.05) is 36.4 Å². The molecule has 1 heterocycles. The van der Waals surface area contributed by atoms with Crippen molar-refractivity contribution in [3.8, 4) is 0 Å². The highest BCUT2D eigenvalue weighted by Crippen LogP contribution is 2.17. The molecule has 0 aliphatic rings. The minimum Gasteiger partial charge on any atom is -0.398 e. The maximum absolute atomic E-state index is 12.0. The molecule has 3 rings (SSSR count). The topological polar surface area (TPSA) is 70.9 Å². The molecule has 0 fully saturated rings. The predicted molar refractivity (Wildman–Crippen MR) is 89.6 cm³/mol. The average Bonchev–Trinajstić information content (AvgIpc) is 2.93. The first-order valence-electron chi connectivity index (χ1n) is 7.39. The Kier molecular flexibility index (Phi) is 4.10. The number of nitrogens with one attached hydrogen (secondary N) is 2. The zero-order valence-electron chi connectivity index (χ0n) is 12.3. The van der Waals surface area contributed by atoms with E-state index in [4.69, 9.17) is 5.73 Å². The zero-order valence-corrected chi connectivity index (χ0v) is 12.3. The molecule has 0 saturated heterocycles. The SMILES string of the molecule is Nc1ccccc1CC(=O)NCCc1c[nH]c2ccccc12. The van der Waals surface area contributed by atoms with E-state index in [9.17, 15) is 4.79 Å². The number of nitrogens with two attached hydrogens (primary N) is 1. The Balaban J connectivity index is 1.55. The molecule has 0 atom stereocenters. The first-order valence-corrected chi connectivity index (χ1v) is 7.39. The number of fused-ring (bicyclic) bond motifs is 1. The quantitative estimate of drug-likeness (QED) is 0.633. The van der Waals surface area contributed by atoms with E-state index in [0.29, 0.717) is 18.7 Å². The molecule has 4 nitrogen and oxygen atoms in total. The molecular weight excluding hydrogens is 274 g/mol. The summed E-state index contributed by atoms with van der Waals surface area (Å²) in [5, 5.41) is 4.17. The van der Waals surface area contributed by atoms with E-state index in [1.165, 1.54) is 10.9 Å². The van der Waals surface area contributed by atoms with Crippen molar-refractivity contribution < 1.29 is 4.79 Å². The lowest BCUT2D eigenvalue weighted by Gasteiger charge is -2.07. The molecule has 22 heavy (non-hydrogen) atoms. The van der Waals surface area contributed by atoms with Crippen molar-refractivity contribution in [2.24, 2.45) is 0 Å². The van der Waals surface area contributed by atoms with E-state index in [-0.39, 0.29) is 5.91 Å². The van der Waals surface area contributed by atoms with Crippen LogP contribution in [0.3, 0.4) is 0 Å². The first kappa shape index (κ1) is 14.2. The maximum atomic E-state index is 12.0. The number of anilines is 1. The number of hydrogen-bond acceptors (Lipinski definition) is 2. The Bertz CT molecular complexity index is 792. The van der Waals surface area contributed by atoms with E-state index in [0.717, 1.165) is 17.5 Å². The van der Waals surface area contributed by atoms with E-state index in [1.54, 1.807) is 0 Å². The summed E-state index contributed by atoms with van der Waals surface area (Å²) in [5.74, 6) is -0.00209. The highest BCUT2D eigenvalue weighted by atomic mass is 16.1. The smallest absolute Gasteiger partial charge is 0.224 e. The zero-order chi connectivity index (χ0) is 15.4. The Morgan fingerprint density at radius 1 is 1.05 bits per heavy atom. The molecule has 0 unspecified atom stereocenters. The van der Waals surface area contributed by atoms with Crippen molar-refractivity contribution in [2.75, 3.05) is 12.3 Å². The summed E-state index contributed by atoms with van der Waals surface area (Å²) >= 11 is 0. The average molecular weight is 293 g/mol. The lowest BCUT2D eigenvalue weighted by atomic mass is 10.1. The second-order valence-electron chi connectivity index (χ2n) is 5.34. The summed E-state index contributed by atoms with van der Waals surface area (Å²) < 4.78 is 0. The lowest BCUT2D eigenvalue weighted by molar-refractivity contribution is -0.120. The van der Waals surface area contributed by atoms with Crippen LogP contribution in [-0.4, -0.2) is 17.4 Å². The molecule has 0 spiro atoms. The number of aromatic amines is 1. The van der Waals surface area contributed by atoms with Crippen LogP contribution in [0, 0.1) is 0 Å². The van der Waals surface area contributed by atoms with Gasteiger partial charge in [-0.2, -0.15) is 0 Å². The number of rotatable bonds is 5. The highest BCUT2D eigenvalue weighted by Gasteiger charge is 2.07. The largest absolute Gasteiger partial charge is 0.398 e. The van der Waals surface area contributed by atoms with Gasteiger partial charge >= 0.3 is 0 Å². The van der Waals surface area contributed by atoms with Gasteiger partial charge in [-0.05, 0) is 29.7 Å². The van der Waals surface area contributed by atoms with Gasteiger partial charge in [-0.3, -0.25) is 4.79 Å². The summed E-state index contributed by atoms with van der Waals surface area (Å²) in [6.07, 6.45) is 3.13. The van der Waals surface area contributed by atoms with Gasteiger partial charge in [0.15, 0.2) is 0 Å². The standard InChI is InChI=1S/C18H19N3O/c19-16-7-3-1-5-13(16)11-18(22)20-10-9-14-12-21-17-8-4-2-6-15(14)17/h1-8,12,21H,9-11,19H2,(H,20,22). The normalized spacial score (nSPS) is 10.7. The number of aromatic nitrogens is 1.